The second-order valence-electron chi connectivity index (χ2n) is 5.16. The standard InChI is InChI=1S/C18H16N2O4/c21-20(22)15-4-6-16(7-5-15)23-11-2-12-24-17-8-9-18-14(13-17)3-1-10-19-18/h1,3-10,13H,2,11-12H2. The van der Waals surface area contributed by atoms with Gasteiger partial charge in [-0.3, -0.25) is 15.1 Å². The predicted molar refractivity (Wildman–Crippen MR) is 90.4 cm³/mol. The highest BCUT2D eigenvalue weighted by Gasteiger charge is 2.04. The lowest BCUT2D eigenvalue weighted by molar-refractivity contribution is -0.384. The number of ether oxygens (including phenoxy) is 2. The maximum atomic E-state index is 10.6. The minimum atomic E-state index is -0.434. The minimum absolute atomic E-state index is 0.0523. The molecule has 0 atom stereocenters. The van der Waals surface area contributed by atoms with Crippen LogP contribution in [0.2, 0.25) is 0 Å². The quantitative estimate of drug-likeness (QED) is 0.373. The first-order valence-electron chi connectivity index (χ1n) is 7.57. The Hall–Kier alpha value is -3.15. The molecule has 0 N–H and O–H groups in total. The highest BCUT2D eigenvalue weighted by atomic mass is 16.6. The third-order valence-electron chi connectivity index (χ3n) is 3.45. The molecule has 0 radical (unpaired) electrons. The highest BCUT2D eigenvalue weighted by Crippen LogP contribution is 2.19. The van der Waals surface area contributed by atoms with Crippen molar-refractivity contribution in [2.45, 2.75) is 6.42 Å². The van der Waals surface area contributed by atoms with Crippen LogP contribution in [0, 0.1) is 10.1 Å². The number of fused-ring (bicyclic) bond motifs is 1. The van der Waals surface area contributed by atoms with Crippen LogP contribution in [-0.4, -0.2) is 23.1 Å². The second-order valence-corrected chi connectivity index (χ2v) is 5.16. The summed E-state index contributed by atoms with van der Waals surface area (Å²) in [5.74, 6) is 1.41. The average Bonchev–Trinajstić information content (AvgIpc) is 2.61. The van der Waals surface area contributed by atoms with E-state index in [0.717, 1.165) is 16.7 Å². The number of rotatable bonds is 7. The van der Waals surface area contributed by atoms with Crippen LogP contribution in [0.25, 0.3) is 10.9 Å². The molecule has 0 bridgehead atoms. The topological polar surface area (TPSA) is 74.5 Å². The monoisotopic (exact) mass is 324 g/mol. The van der Waals surface area contributed by atoms with Crippen LogP contribution < -0.4 is 9.47 Å². The maximum absolute atomic E-state index is 10.6. The Bertz CT molecular complexity index is 834. The van der Waals surface area contributed by atoms with E-state index in [4.69, 9.17) is 9.47 Å². The summed E-state index contributed by atoms with van der Waals surface area (Å²) in [5, 5.41) is 11.6. The molecule has 2 aromatic carbocycles. The third kappa shape index (κ3) is 3.98. The Balaban J connectivity index is 1.43. The van der Waals surface area contributed by atoms with Gasteiger partial charge in [-0.25, -0.2) is 0 Å². The van der Waals surface area contributed by atoms with Crippen molar-refractivity contribution in [2.75, 3.05) is 13.2 Å². The van der Waals surface area contributed by atoms with Gasteiger partial charge in [0.05, 0.1) is 23.7 Å². The molecule has 0 saturated heterocycles. The van der Waals surface area contributed by atoms with Gasteiger partial charge in [-0.1, -0.05) is 6.07 Å². The molecule has 1 aromatic heterocycles. The van der Waals surface area contributed by atoms with Gasteiger partial charge in [0.25, 0.3) is 5.69 Å². The van der Waals surface area contributed by atoms with Crippen LogP contribution in [0.15, 0.2) is 60.8 Å². The van der Waals surface area contributed by atoms with E-state index in [2.05, 4.69) is 4.98 Å². The fourth-order valence-electron chi connectivity index (χ4n) is 2.25. The summed E-state index contributed by atoms with van der Waals surface area (Å²) in [5.41, 5.74) is 0.989. The summed E-state index contributed by atoms with van der Waals surface area (Å²) >= 11 is 0. The van der Waals surface area contributed by atoms with Crippen molar-refractivity contribution in [2.24, 2.45) is 0 Å². The van der Waals surface area contributed by atoms with E-state index in [1.165, 1.54) is 12.1 Å². The van der Waals surface area contributed by atoms with E-state index in [-0.39, 0.29) is 5.69 Å². The predicted octanol–water partition coefficient (Wildman–Crippen LogP) is 3.99. The van der Waals surface area contributed by atoms with Crippen LogP contribution in [-0.2, 0) is 0 Å². The molecule has 0 saturated carbocycles. The average molecular weight is 324 g/mol. The molecule has 0 fully saturated rings. The zero-order valence-electron chi connectivity index (χ0n) is 12.9. The van der Waals surface area contributed by atoms with E-state index in [1.807, 2.05) is 30.3 Å². The number of aromatic nitrogens is 1. The Labute approximate surface area is 138 Å². The van der Waals surface area contributed by atoms with Gasteiger partial charge in [-0.05, 0) is 36.4 Å². The molecule has 3 aromatic rings. The lowest BCUT2D eigenvalue weighted by atomic mass is 10.2. The fourth-order valence-corrected chi connectivity index (χ4v) is 2.25. The molecular formula is C18H16N2O4. The molecule has 1 heterocycles. The molecule has 24 heavy (non-hydrogen) atoms. The molecule has 6 nitrogen and oxygen atoms in total. The van der Waals surface area contributed by atoms with E-state index in [0.29, 0.717) is 25.4 Å². The number of nitro benzene ring substituents is 1. The second kappa shape index (κ2) is 7.41. The summed E-state index contributed by atoms with van der Waals surface area (Å²) in [7, 11) is 0. The Kier molecular flexibility index (Phi) is 4.86. The van der Waals surface area contributed by atoms with E-state index in [1.54, 1.807) is 18.3 Å². The van der Waals surface area contributed by atoms with Crippen molar-refractivity contribution in [1.82, 2.24) is 4.98 Å². The largest absolute Gasteiger partial charge is 0.493 e. The Morgan fingerprint density at radius 3 is 2.42 bits per heavy atom. The van der Waals surface area contributed by atoms with Gasteiger partial charge in [0.2, 0.25) is 0 Å². The van der Waals surface area contributed by atoms with Gasteiger partial charge in [0.1, 0.15) is 11.5 Å². The van der Waals surface area contributed by atoms with Crippen molar-refractivity contribution in [3.8, 4) is 11.5 Å². The summed E-state index contributed by atoms with van der Waals surface area (Å²) in [6, 6.07) is 15.7. The third-order valence-corrected chi connectivity index (χ3v) is 3.45. The molecule has 6 heteroatoms. The first-order valence-corrected chi connectivity index (χ1v) is 7.57. The van der Waals surface area contributed by atoms with Crippen molar-refractivity contribution in [1.29, 1.82) is 0 Å². The molecule has 0 aliphatic carbocycles. The lowest BCUT2D eigenvalue weighted by Gasteiger charge is -2.08. The van der Waals surface area contributed by atoms with Crippen molar-refractivity contribution in [3.63, 3.8) is 0 Å². The molecule has 0 aliphatic rings. The van der Waals surface area contributed by atoms with Gasteiger partial charge in [0.15, 0.2) is 0 Å². The van der Waals surface area contributed by atoms with Crippen molar-refractivity contribution in [3.05, 3.63) is 70.9 Å². The molecule has 0 unspecified atom stereocenters. The van der Waals surface area contributed by atoms with Gasteiger partial charge in [-0.15, -0.1) is 0 Å². The molecule has 3 rings (SSSR count). The van der Waals surface area contributed by atoms with Crippen LogP contribution in [0.5, 0.6) is 11.5 Å². The zero-order valence-corrected chi connectivity index (χ0v) is 12.9. The number of benzene rings is 2. The van der Waals surface area contributed by atoms with E-state index in [9.17, 15) is 10.1 Å². The molecule has 122 valence electrons. The SMILES string of the molecule is O=[N+]([O-])c1ccc(OCCCOc2ccc3ncccc3c2)cc1. The van der Waals surface area contributed by atoms with Crippen molar-refractivity contribution < 1.29 is 14.4 Å². The van der Waals surface area contributed by atoms with Crippen LogP contribution >= 0.6 is 0 Å². The Morgan fingerprint density at radius 2 is 1.67 bits per heavy atom. The van der Waals surface area contributed by atoms with Crippen LogP contribution in [0.3, 0.4) is 0 Å². The summed E-state index contributed by atoms with van der Waals surface area (Å²) in [6.45, 7) is 1.01. The normalized spacial score (nSPS) is 10.5. The summed E-state index contributed by atoms with van der Waals surface area (Å²) < 4.78 is 11.2. The number of hydrogen-bond donors (Lipinski definition) is 0. The number of non-ortho nitro benzene ring substituents is 1. The smallest absolute Gasteiger partial charge is 0.269 e. The number of nitrogens with zero attached hydrogens (tertiary/aromatic N) is 2. The minimum Gasteiger partial charge on any atom is -0.493 e. The van der Waals surface area contributed by atoms with Gasteiger partial charge in [-0.2, -0.15) is 0 Å². The number of nitro groups is 1. The zero-order chi connectivity index (χ0) is 16.8. The van der Waals surface area contributed by atoms with Gasteiger partial charge in [0, 0.05) is 30.1 Å². The van der Waals surface area contributed by atoms with Crippen molar-refractivity contribution >= 4 is 16.6 Å². The highest BCUT2D eigenvalue weighted by molar-refractivity contribution is 5.79. The molecule has 0 aliphatic heterocycles. The van der Waals surface area contributed by atoms with Gasteiger partial charge < -0.3 is 9.47 Å². The molecule has 0 spiro atoms. The Morgan fingerprint density at radius 1 is 0.958 bits per heavy atom. The first-order chi connectivity index (χ1) is 11.7. The first kappa shape index (κ1) is 15.7. The fraction of sp³-hybridized carbons (Fsp3) is 0.167. The van der Waals surface area contributed by atoms with E-state index < -0.39 is 4.92 Å². The molecular weight excluding hydrogens is 308 g/mol. The molecule has 0 amide bonds. The van der Waals surface area contributed by atoms with Crippen LogP contribution in [0.4, 0.5) is 5.69 Å². The number of hydrogen-bond acceptors (Lipinski definition) is 5. The lowest BCUT2D eigenvalue weighted by Crippen LogP contribution is -2.05. The maximum Gasteiger partial charge on any atom is 0.269 e. The van der Waals surface area contributed by atoms with E-state index >= 15 is 0 Å². The number of pyridine rings is 1. The summed E-state index contributed by atoms with van der Waals surface area (Å²) in [4.78, 5) is 14.4. The van der Waals surface area contributed by atoms with Gasteiger partial charge >= 0.3 is 0 Å². The summed E-state index contributed by atoms with van der Waals surface area (Å²) in [6.07, 6.45) is 2.47. The van der Waals surface area contributed by atoms with Crippen LogP contribution in [0.1, 0.15) is 6.42 Å².